The van der Waals surface area contributed by atoms with Crippen LogP contribution in [-0.2, 0) is 11.3 Å². The summed E-state index contributed by atoms with van der Waals surface area (Å²) in [6.07, 6.45) is 0.811. The number of rotatable bonds is 2. The van der Waals surface area contributed by atoms with Crippen LogP contribution in [0.2, 0.25) is 0 Å². The van der Waals surface area contributed by atoms with Crippen molar-refractivity contribution < 1.29 is 9.53 Å². The SMILES string of the molecule is CN1CCCN(C(=O)OCc2ccccc2)CC1. The van der Waals surface area contributed by atoms with Gasteiger partial charge in [0.25, 0.3) is 0 Å². The van der Waals surface area contributed by atoms with Crippen molar-refractivity contribution in [2.45, 2.75) is 13.0 Å². The Morgan fingerprint density at radius 1 is 1.17 bits per heavy atom. The molecular formula is C14H20N2O2. The van der Waals surface area contributed by atoms with Gasteiger partial charge in [0, 0.05) is 19.6 Å². The van der Waals surface area contributed by atoms with Crippen molar-refractivity contribution >= 4 is 6.09 Å². The minimum absolute atomic E-state index is 0.200. The molecule has 4 heteroatoms. The summed E-state index contributed by atoms with van der Waals surface area (Å²) >= 11 is 0. The van der Waals surface area contributed by atoms with Crippen LogP contribution in [0, 0.1) is 0 Å². The highest BCUT2D eigenvalue weighted by Crippen LogP contribution is 2.06. The fraction of sp³-hybridized carbons (Fsp3) is 0.500. The second kappa shape index (κ2) is 6.40. The number of nitrogens with zero attached hydrogens (tertiary/aromatic N) is 2. The highest BCUT2D eigenvalue weighted by Gasteiger charge is 2.18. The lowest BCUT2D eigenvalue weighted by molar-refractivity contribution is 0.0976. The van der Waals surface area contributed by atoms with Gasteiger partial charge in [-0.25, -0.2) is 4.79 Å². The Morgan fingerprint density at radius 2 is 1.94 bits per heavy atom. The lowest BCUT2D eigenvalue weighted by Gasteiger charge is -2.19. The van der Waals surface area contributed by atoms with Gasteiger partial charge in [0.1, 0.15) is 6.61 Å². The quantitative estimate of drug-likeness (QED) is 0.802. The van der Waals surface area contributed by atoms with Crippen LogP contribution in [0.3, 0.4) is 0 Å². The van der Waals surface area contributed by atoms with Gasteiger partial charge in [-0.3, -0.25) is 0 Å². The second-order valence-corrected chi connectivity index (χ2v) is 4.68. The Morgan fingerprint density at radius 3 is 2.72 bits per heavy atom. The topological polar surface area (TPSA) is 32.8 Å². The number of hydrogen-bond donors (Lipinski definition) is 0. The third-order valence-corrected chi connectivity index (χ3v) is 3.18. The van der Waals surface area contributed by atoms with Gasteiger partial charge in [-0.1, -0.05) is 30.3 Å². The summed E-state index contributed by atoms with van der Waals surface area (Å²) < 4.78 is 5.33. The molecule has 1 aromatic rings. The standard InChI is InChI=1S/C14H20N2O2/c1-15-8-5-9-16(11-10-15)14(17)18-12-13-6-3-2-4-7-13/h2-4,6-7H,5,8-12H2,1H3. The number of ether oxygens (including phenoxy) is 1. The van der Waals surface area contributed by atoms with E-state index in [1.807, 2.05) is 30.3 Å². The molecule has 2 rings (SSSR count). The number of carbonyl (C=O) groups is 1. The predicted molar refractivity (Wildman–Crippen MR) is 70.3 cm³/mol. The molecule has 0 aliphatic carbocycles. The Balaban J connectivity index is 1.80. The van der Waals surface area contributed by atoms with E-state index >= 15 is 0 Å². The van der Waals surface area contributed by atoms with E-state index in [1.54, 1.807) is 4.90 Å². The molecule has 1 aliphatic heterocycles. The fourth-order valence-corrected chi connectivity index (χ4v) is 2.04. The van der Waals surface area contributed by atoms with Crippen LogP contribution < -0.4 is 0 Å². The summed E-state index contributed by atoms with van der Waals surface area (Å²) in [6, 6.07) is 9.77. The number of carbonyl (C=O) groups excluding carboxylic acids is 1. The van der Waals surface area contributed by atoms with Crippen molar-refractivity contribution in [3.8, 4) is 0 Å². The second-order valence-electron chi connectivity index (χ2n) is 4.68. The third kappa shape index (κ3) is 3.74. The van der Waals surface area contributed by atoms with Crippen molar-refractivity contribution in [3.05, 3.63) is 35.9 Å². The van der Waals surface area contributed by atoms with Gasteiger partial charge in [0.05, 0.1) is 0 Å². The Hall–Kier alpha value is -1.55. The van der Waals surface area contributed by atoms with E-state index < -0.39 is 0 Å². The number of likely N-dealkylation sites (N-methyl/N-ethyl adjacent to an activating group) is 1. The summed E-state index contributed by atoms with van der Waals surface area (Å²) in [5.41, 5.74) is 1.03. The van der Waals surface area contributed by atoms with Crippen LogP contribution in [0.15, 0.2) is 30.3 Å². The van der Waals surface area contributed by atoms with Gasteiger partial charge in [-0.2, -0.15) is 0 Å². The largest absolute Gasteiger partial charge is 0.445 e. The average molecular weight is 248 g/mol. The van der Waals surface area contributed by atoms with Crippen molar-refractivity contribution in [3.63, 3.8) is 0 Å². The summed E-state index contributed by atoms with van der Waals surface area (Å²) in [6.45, 7) is 3.86. The molecule has 0 atom stereocenters. The van der Waals surface area contributed by atoms with E-state index in [9.17, 15) is 4.79 Å². The Kier molecular flexibility index (Phi) is 4.59. The molecule has 0 radical (unpaired) electrons. The smallest absolute Gasteiger partial charge is 0.410 e. The molecule has 0 N–H and O–H groups in total. The first-order valence-electron chi connectivity index (χ1n) is 6.40. The van der Waals surface area contributed by atoms with Crippen LogP contribution in [0.1, 0.15) is 12.0 Å². The minimum atomic E-state index is -0.200. The summed E-state index contributed by atoms with van der Waals surface area (Å²) in [5.74, 6) is 0. The number of hydrogen-bond acceptors (Lipinski definition) is 3. The van der Waals surface area contributed by atoms with Gasteiger partial charge >= 0.3 is 6.09 Å². The zero-order valence-electron chi connectivity index (χ0n) is 10.8. The molecule has 1 aromatic carbocycles. The zero-order chi connectivity index (χ0) is 12.8. The normalized spacial score (nSPS) is 17.3. The first kappa shape index (κ1) is 12.9. The predicted octanol–water partition coefficient (Wildman–Crippen LogP) is 1.96. The van der Waals surface area contributed by atoms with Crippen LogP contribution in [0.25, 0.3) is 0 Å². The van der Waals surface area contributed by atoms with Crippen LogP contribution >= 0.6 is 0 Å². The minimum Gasteiger partial charge on any atom is -0.445 e. The maximum atomic E-state index is 11.9. The van der Waals surface area contributed by atoms with Gasteiger partial charge in [0.2, 0.25) is 0 Å². The van der Waals surface area contributed by atoms with Gasteiger partial charge in [0.15, 0.2) is 0 Å². The monoisotopic (exact) mass is 248 g/mol. The number of amides is 1. The van der Waals surface area contributed by atoms with Crippen molar-refractivity contribution in [2.75, 3.05) is 33.2 Å². The van der Waals surface area contributed by atoms with Gasteiger partial charge < -0.3 is 14.5 Å². The molecule has 0 spiro atoms. The maximum Gasteiger partial charge on any atom is 0.410 e. The number of benzene rings is 1. The van der Waals surface area contributed by atoms with Crippen molar-refractivity contribution in [1.82, 2.24) is 9.80 Å². The molecule has 0 aromatic heterocycles. The fourth-order valence-electron chi connectivity index (χ4n) is 2.04. The third-order valence-electron chi connectivity index (χ3n) is 3.18. The molecule has 0 unspecified atom stereocenters. The molecule has 1 heterocycles. The van der Waals surface area contributed by atoms with E-state index in [-0.39, 0.29) is 6.09 Å². The highest BCUT2D eigenvalue weighted by molar-refractivity contribution is 5.67. The Bertz CT molecular complexity index is 381. The van der Waals surface area contributed by atoms with Crippen molar-refractivity contribution in [1.29, 1.82) is 0 Å². The summed E-state index contributed by atoms with van der Waals surface area (Å²) in [4.78, 5) is 16.0. The lowest BCUT2D eigenvalue weighted by atomic mass is 10.2. The molecule has 98 valence electrons. The van der Waals surface area contributed by atoms with E-state index in [4.69, 9.17) is 4.74 Å². The van der Waals surface area contributed by atoms with Crippen LogP contribution in [-0.4, -0.2) is 49.1 Å². The first-order chi connectivity index (χ1) is 8.75. The van der Waals surface area contributed by atoms with Gasteiger partial charge in [-0.15, -0.1) is 0 Å². The van der Waals surface area contributed by atoms with E-state index in [1.165, 1.54) is 0 Å². The lowest BCUT2D eigenvalue weighted by Crippen LogP contribution is -2.34. The van der Waals surface area contributed by atoms with E-state index in [2.05, 4.69) is 11.9 Å². The maximum absolute atomic E-state index is 11.9. The summed E-state index contributed by atoms with van der Waals surface area (Å²) in [5, 5.41) is 0. The zero-order valence-corrected chi connectivity index (χ0v) is 10.8. The highest BCUT2D eigenvalue weighted by atomic mass is 16.6. The first-order valence-corrected chi connectivity index (χ1v) is 6.40. The molecule has 1 saturated heterocycles. The molecule has 0 bridgehead atoms. The van der Waals surface area contributed by atoms with E-state index in [0.29, 0.717) is 6.61 Å². The molecular weight excluding hydrogens is 228 g/mol. The average Bonchev–Trinajstić information content (AvgIpc) is 2.62. The molecule has 18 heavy (non-hydrogen) atoms. The van der Waals surface area contributed by atoms with Crippen LogP contribution in [0.5, 0.6) is 0 Å². The van der Waals surface area contributed by atoms with Crippen LogP contribution in [0.4, 0.5) is 4.79 Å². The van der Waals surface area contributed by atoms with Gasteiger partial charge in [-0.05, 0) is 25.6 Å². The summed E-state index contributed by atoms with van der Waals surface area (Å²) in [7, 11) is 2.08. The molecule has 1 fully saturated rings. The van der Waals surface area contributed by atoms with E-state index in [0.717, 1.165) is 38.2 Å². The molecule has 0 saturated carbocycles. The molecule has 1 amide bonds. The molecule has 4 nitrogen and oxygen atoms in total. The van der Waals surface area contributed by atoms with Crippen molar-refractivity contribution in [2.24, 2.45) is 0 Å². The Labute approximate surface area is 108 Å². The molecule has 1 aliphatic rings.